The number of benzene rings is 1. The summed E-state index contributed by atoms with van der Waals surface area (Å²) in [7, 11) is 0. The SMILES string of the molecule is O=C1NC=CC=C[C](=[W])c2nccn2CCCCCCc2ccc(-n3cnc(C4CC4)c3)cc21. The van der Waals surface area contributed by atoms with E-state index in [9.17, 15) is 4.79 Å². The standard InChI is InChI=1S/C27H29N5O.W/c33-27-24-18-23(32-19-25(30-20-32)22-10-11-22)13-12-21(24)8-4-1-2-7-16-31-17-15-28-26(31)9-5-3-6-14-29-27;/h3,5-6,12-15,17-20,22H,1-2,4,7-8,10-11,16H2,(H,29,33);. The Morgan fingerprint density at radius 1 is 1.06 bits per heavy atom. The summed E-state index contributed by atoms with van der Waals surface area (Å²) in [4.78, 5) is 22.2. The van der Waals surface area contributed by atoms with E-state index in [-0.39, 0.29) is 5.91 Å². The molecule has 0 spiro atoms. The molecule has 1 amide bonds. The van der Waals surface area contributed by atoms with Crippen LogP contribution >= 0.6 is 0 Å². The molecule has 6 nitrogen and oxygen atoms in total. The molecule has 0 bridgehead atoms. The van der Waals surface area contributed by atoms with Gasteiger partial charge in [0.15, 0.2) is 0 Å². The van der Waals surface area contributed by atoms with Gasteiger partial charge in [-0.3, -0.25) is 0 Å². The molecule has 0 unspecified atom stereocenters. The van der Waals surface area contributed by atoms with E-state index in [2.05, 4.69) is 50.5 Å². The van der Waals surface area contributed by atoms with Gasteiger partial charge in [-0.15, -0.1) is 0 Å². The van der Waals surface area contributed by atoms with Crippen molar-refractivity contribution in [2.24, 2.45) is 0 Å². The average Bonchev–Trinajstić information content (AvgIpc) is 3.38. The van der Waals surface area contributed by atoms with Gasteiger partial charge < -0.3 is 0 Å². The fraction of sp³-hybridized carbons (Fsp3) is 0.333. The van der Waals surface area contributed by atoms with Crippen LogP contribution in [0.3, 0.4) is 0 Å². The van der Waals surface area contributed by atoms with Crippen LogP contribution in [0.1, 0.15) is 71.9 Å². The number of hydrogen-bond acceptors (Lipinski definition) is 3. The van der Waals surface area contributed by atoms with E-state index in [1.165, 1.54) is 42.5 Å². The quantitative estimate of drug-likeness (QED) is 0.453. The number of allylic oxidation sites excluding steroid dienone is 3. The molecule has 1 fully saturated rings. The molecule has 2 aromatic heterocycles. The van der Waals surface area contributed by atoms with Crippen molar-refractivity contribution in [2.45, 2.75) is 57.4 Å². The van der Waals surface area contributed by atoms with E-state index in [4.69, 9.17) is 0 Å². The molecule has 5 rings (SSSR count). The Bertz CT molecular complexity index is 1250. The van der Waals surface area contributed by atoms with Gasteiger partial charge in [0.1, 0.15) is 0 Å². The van der Waals surface area contributed by atoms with Gasteiger partial charge in [-0.25, -0.2) is 4.98 Å². The number of nitrogens with zero attached hydrogens (tertiary/aromatic N) is 4. The molecule has 1 aliphatic carbocycles. The van der Waals surface area contributed by atoms with Gasteiger partial charge in [0.05, 0.1) is 5.69 Å². The number of carbonyl (C=O) groups is 1. The van der Waals surface area contributed by atoms with Crippen LogP contribution in [0.4, 0.5) is 0 Å². The third-order valence-electron chi connectivity index (χ3n) is 6.43. The summed E-state index contributed by atoms with van der Waals surface area (Å²) in [5.41, 5.74) is 3.97. The molecule has 7 heteroatoms. The van der Waals surface area contributed by atoms with Gasteiger partial charge in [0.25, 0.3) is 0 Å². The van der Waals surface area contributed by atoms with Crippen molar-refractivity contribution < 1.29 is 24.1 Å². The van der Waals surface area contributed by atoms with Crippen LogP contribution in [-0.2, 0) is 32.3 Å². The number of nitrogens with one attached hydrogen (secondary N) is 1. The molecule has 1 saturated carbocycles. The topological polar surface area (TPSA) is 64.7 Å². The predicted octanol–water partition coefficient (Wildman–Crippen LogP) is 4.63. The van der Waals surface area contributed by atoms with E-state index < -0.39 is 0 Å². The van der Waals surface area contributed by atoms with Crippen LogP contribution in [-0.4, -0.2) is 28.9 Å². The first-order chi connectivity index (χ1) is 16.7. The van der Waals surface area contributed by atoms with E-state index in [1.54, 1.807) is 6.20 Å². The maximum absolute atomic E-state index is 13.1. The number of amides is 1. The molecular weight excluding hydrogens is 594 g/mol. The zero-order valence-electron chi connectivity index (χ0n) is 19.2. The van der Waals surface area contributed by atoms with Crippen LogP contribution in [0.15, 0.2) is 67.5 Å². The summed E-state index contributed by atoms with van der Waals surface area (Å²) < 4.78 is 5.47. The summed E-state index contributed by atoms with van der Waals surface area (Å²) in [5.74, 6) is 1.58. The Morgan fingerprint density at radius 3 is 2.82 bits per heavy atom. The van der Waals surface area contributed by atoms with Gasteiger partial charge in [0, 0.05) is 5.92 Å². The Labute approximate surface area is 211 Å². The van der Waals surface area contributed by atoms with E-state index in [1.807, 2.05) is 35.3 Å². The van der Waals surface area contributed by atoms with Gasteiger partial charge in [-0.2, -0.15) is 0 Å². The number of hydrogen-bond donors (Lipinski definition) is 1. The van der Waals surface area contributed by atoms with Gasteiger partial charge in [-0.1, -0.05) is 0 Å². The molecule has 34 heavy (non-hydrogen) atoms. The van der Waals surface area contributed by atoms with Crippen LogP contribution in [0.2, 0.25) is 0 Å². The summed E-state index contributed by atoms with van der Waals surface area (Å²) in [6.07, 6.45) is 23.4. The molecule has 174 valence electrons. The first kappa shape index (κ1) is 22.9. The molecule has 3 heterocycles. The molecular formula is C27H29N5OW. The molecule has 3 aromatic rings. The number of aryl methyl sites for hydroxylation is 2. The fourth-order valence-electron chi connectivity index (χ4n) is 4.36. The third kappa shape index (κ3) is 5.44. The van der Waals surface area contributed by atoms with Crippen LogP contribution in [0.25, 0.3) is 5.69 Å². The molecule has 1 N–H and O–H groups in total. The molecule has 2 aliphatic rings. The van der Waals surface area contributed by atoms with Gasteiger partial charge in [0.2, 0.25) is 0 Å². The molecule has 0 saturated heterocycles. The van der Waals surface area contributed by atoms with Crippen molar-refractivity contribution in [1.82, 2.24) is 24.4 Å². The third-order valence-corrected chi connectivity index (χ3v) is 7.58. The van der Waals surface area contributed by atoms with E-state index in [0.717, 1.165) is 60.6 Å². The molecule has 1 aromatic carbocycles. The van der Waals surface area contributed by atoms with Gasteiger partial charge in [-0.05, 0) is 12.8 Å². The van der Waals surface area contributed by atoms with Crippen LogP contribution < -0.4 is 5.32 Å². The minimum absolute atomic E-state index is 0.0739. The second-order valence-electron chi connectivity index (χ2n) is 8.99. The summed E-state index contributed by atoms with van der Waals surface area (Å²) in [6, 6.07) is 6.21. The van der Waals surface area contributed by atoms with Crippen molar-refractivity contribution in [1.29, 1.82) is 0 Å². The Kier molecular flexibility index (Phi) is 7.15. The normalized spacial score (nSPS) is 17.6. The van der Waals surface area contributed by atoms with Crippen molar-refractivity contribution >= 4 is 9.81 Å². The van der Waals surface area contributed by atoms with E-state index in [0.29, 0.717) is 5.92 Å². The van der Waals surface area contributed by atoms with E-state index >= 15 is 0 Å². The maximum atomic E-state index is 13.1. The first-order valence-electron chi connectivity index (χ1n) is 12.1. The van der Waals surface area contributed by atoms with Crippen molar-refractivity contribution in [3.8, 4) is 5.69 Å². The van der Waals surface area contributed by atoms with Crippen molar-refractivity contribution in [2.75, 3.05) is 0 Å². The molecule has 0 radical (unpaired) electrons. The van der Waals surface area contributed by atoms with Crippen molar-refractivity contribution in [3.63, 3.8) is 0 Å². The van der Waals surface area contributed by atoms with Crippen LogP contribution in [0, 0.1) is 0 Å². The van der Waals surface area contributed by atoms with Crippen molar-refractivity contribution in [3.05, 3.63) is 90.2 Å². The average molecular weight is 623 g/mol. The minimum atomic E-state index is -0.0739. The zero-order valence-corrected chi connectivity index (χ0v) is 22.1. The number of fused-ring (bicyclic) bond motifs is 2. The summed E-state index contributed by atoms with van der Waals surface area (Å²) in [5, 5.41) is 2.96. The Balaban J connectivity index is 1.37. The summed E-state index contributed by atoms with van der Waals surface area (Å²) in [6.45, 7) is 0.990. The number of aromatic nitrogens is 4. The first-order valence-corrected chi connectivity index (χ1v) is 13.5. The number of carbonyl (C=O) groups excluding carboxylic acids is 1. The predicted molar refractivity (Wildman–Crippen MR) is 130 cm³/mol. The molecule has 1 aliphatic heterocycles. The second kappa shape index (κ2) is 10.6. The number of rotatable bonds is 2. The van der Waals surface area contributed by atoms with Crippen LogP contribution in [0.5, 0.6) is 0 Å². The monoisotopic (exact) mass is 623 g/mol. The summed E-state index contributed by atoms with van der Waals surface area (Å²) >= 11 is 1.37. The Morgan fingerprint density at radius 2 is 1.94 bits per heavy atom. The Hall–Kier alpha value is -2.85. The van der Waals surface area contributed by atoms with Gasteiger partial charge >= 0.3 is 182 Å². The zero-order chi connectivity index (χ0) is 23.3. The fourth-order valence-corrected chi connectivity index (χ4v) is 5.26. The number of imidazole rings is 2. The molecule has 0 atom stereocenters. The second-order valence-corrected chi connectivity index (χ2v) is 10.6.